The van der Waals surface area contributed by atoms with E-state index in [1.807, 2.05) is 24.3 Å². The molecule has 0 radical (unpaired) electrons. The van der Waals surface area contributed by atoms with E-state index in [2.05, 4.69) is 10.2 Å². The lowest BCUT2D eigenvalue weighted by molar-refractivity contribution is -0.124. The zero-order chi connectivity index (χ0) is 17.5. The smallest absolute Gasteiger partial charge is 0.267 e. The maximum atomic E-state index is 11.0. The minimum atomic E-state index is -0.522. The number of hydroxylamine groups is 1. The van der Waals surface area contributed by atoms with Gasteiger partial charge in [0, 0.05) is 37.4 Å². The van der Waals surface area contributed by atoms with Gasteiger partial charge < -0.3 is 10.2 Å². The summed E-state index contributed by atoms with van der Waals surface area (Å²) in [5.41, 5.74) is 3.63. The Hall–Kier alpha value is -1.85. The van der Waals surface area contributed by atoms with Crippen molar-refractivity contribution in [3.05, 3.63) is 35.9 Å². The van der Waals surface area contributed by atoms with E-state index in [1.54, 1.807) is 11.6 Å². The molecular weight excluding hydrogens is 314 g/mol. The number of hydrogen-bond donors (Lipinski definition) is 3. The molecule has 1 aliphatic heterocycles. The molecule has 0 aromatic heterocycles. The lowest BCUT2D eigenvalue weighted by Crippen LogP contribution is -2.31. The predicted molar refractivity (Wildman–Crippen MR) is 100 cm³/mol. The predicted octanol–water partition coefficient (Wildman–Crippen LogP) is 3.27. The Labute approximate surface area is 150 Å². The molecule has 2 aliphatic rings. The summed E-state index contributed by atoms with van der Waals surface area (Å²) in [5.74, 6) is 0.390. The van der Waals surface area contributed by atoms with E-state index >= 15 is 0 Å². The number of carbonyl (C=O) groups is 1. The summed E-state index contributed by atoms with van der Waals surface area (Å²) in [5, 5.41) is 12.1. The number of benzene rings is 1. The van der Waals surface area contributed by atoms with Crippen LogP contribution in [0.25, 0.3) is 6.08 Å². The Morgan fingerprint density at radius 1 is 1.16 bits per heavy atom. The average Bonchev–Trinajstić information content (AvgIpc) is 3.08. The van der Waals surface area contributed by atoms with Gasteiger partial charge in [0.1, 0.15) is 0 Å². The maximum absolute atomic E-state index is 11.0. The number of rotatable bonds is 6. The van der Waals surface area contributed by atoms with Crippen molar-refractivity contribution in [1.29, 1.82) is 0 Å². The summed E-state index contributed by atoms with van der Waals surface area (Å²) in [6.07, 6.45) is 11.3. The molecule has 5 nitrogen and oxygen atoms in total. The fraction of sp³-hybridized carbons (Fsp3) is 0.550. The molecule has 2 fully saturated rings. The van der Waals surface area contributed by atoms with E-state index in [9.17, 15) is 4.79 Å². The van der Waals surface area contributed by atoms with Crippen LogP contribution in [-0.2, 0) is 4.79 Å². The van der Waals surface area contributed by atoms with Crippen LogP contribution in [0.4, 0.5) is 5.69 Å². The molecule has 1 aromatic rings. The Bertz CT molecular complexity index is 579. The van der Waals surface area contributed by atoms with Crippen LogP contribution in [0.1, 0.15) is 44.1 Å². The molecular formula is C20H29N3O2. The highest BCUT2D eigenvalue weighted by atomic mass is 16.5. The van der Waals surface area contributed by atoms with Crippen molar-refractivity contribution < 1.29 is 10.0 Å². The highest BCUT2D eigenvalue weighted by Gasteiger charge is 2.25. The van der Waals surface area contributed by atoms with Gasteiger partial charge in [-0.05, 0) is 49.0 Å². The fourth-order valence-corrected chi connectivity index (χ4v) is 3.99. The third kappa shape index (κ3) is 5.58. The van der Waals surface area contributed by atoms with Gasteiger partial charge in [-0.2, -0.15) is 0 Å². The molecule has 1 aliphatic carbocycles. The van der Waals surface area contributed by atoms with Crippen LogP contribution < -0.4 is 10.8 Å². The summed E-state index contributed by atoms with van der Waals surface area (Å²) in [4.78, 5) is 13.6. The van der Waals surface area contributed by atoms with Gasteiger partial charge in [-0.3, -0.25) is 10.0 Å². The summed E-state index contributed by atoms with van der Waals surface area (Å²) < 4.78 is 0. The van der Waals surface area contributed by atoms with Crippen molar-refractivity contribution >= 4 is 17.7 Å². The van der Waals surface area contributed by atoms with Gasteiger partial charge in [-0.1, -0.05) is 31.4 Å². The fourth-order valence-electron chi connectivity index (χ4n) is 3.99. The number of amides is 1. The van der Waals surface area contributed by atoms with E-state index in [4.69, 9.17) is 5.21 Å². The van der Waals surface area contributed by atoms with E-state index in [0.717, 1.165) is 23.7 Å². The van der Waals surface area contributed by atoms with Gasteiger partial charge in [-0.15, -0.1) is 0 Å². The average molecular weight is 343 g/mol. The number of hydrogen-bond acceptors (Lipinski definition) is 4. The van der Waals surface area contributed by atoms with Crippen LogP contribution in [0.5, 0.6) is 0 Å². The summed E-state index contributed by atoms with van der Waals surface area (Å²) >= 11 is 0. The second-order valence-corrected chi connectivity index (χ2v) is 7.32. The van der Waals surface area contributed by atoms with Gasteiger partial charge in [0.25, 0.3) is 5.91 Å². The normalized spacial score (nSPS) is 22.4. The summed E-state index contributed by atoms with van der Waals surface area (Å²) in [7, 11) is 0. The topological polar surface area (TPSA) is 64.6 Å². The third-order valence-corrected chi connectivity index (χ3v) is 5.33. The van der Waals surface area contributed by atoms with Crippen molar-refractivity contribution in [1.82, 2.24) is 10.4 Å². The quantitative estimate of drug-likeness (QED) is 0.421. The first-order chi connectivity index (χ1) is 12.2. The van der Waals surface area contributed by atoms with E-state index in [1.165, 1.54) is 57.7 Å². The Kier molecular flexibility index (Phi) is 6.48. The first kappa shape index (κ1) is 18.0. The number of nitrogens with zero attached hydrogens (tertiary/aromatic N) is 1. The van der Waals surface area contributed by atoms with Crippen molar-refractivity contribution in [3.63, 3.8) is 0 Å². The zero-order valence-electron chi connectivity index (χ0n) is 14.8. The SMILES string of the molecule is O=C(/C=C/c1ccc(N[C@@H]2CCN(CC3CCCCC3)C2)cc1)NO. The van der Waals surface area contributed by atoms with Crippen molar-refractivity contribution in [3.8, 4) is 0 Å². The molecule has 3 rings (SSSR count). The van der Waals surface area contributed by atoms with E-state index in [0.29, 0.717) is 6.04 Å². The highest BCUT2D eigenvalue weighted by molar-refractivity contribution is 5.90. The molecule has 3 N–H and O–H groups in total. The largest absolute Gasteiger partial charge is 0.381 e. The molecule has 1 saturated carbocycles. The van der Waals surface area contributed by atoms with Gasteiger partial charge in [-0.25, -0.2) is 5.48 Å². The van der Waals surface area contributed by atoms with Crippen LogP contribution >= 0.6 is 0 Å². The minimum Gasteiger partial charge on any atom is -0.381 e. The Balaban J connectivity index is 1.45. The van der Waals surface area contributed by atoms with Crippen LogP contribution in [0.2, 0.25) is 0 Å². The number of anilines is 1. The van der Waals surface area contributed by atoms with Crippen LogP contribution in [-0.4, -0.2) is 41.7 Å². The van der Waals surface area contributed by atoms with Crippen molar-refractivity contribution in [2.75, 3.05) is 25.0 Å². The van der Waals surface area contributed by atoms with Gasteiger partial charge >= 0.3 is 0 Å². The van der Waals surface area contributed by atoms with E-state index in [-0.39, 0.29) is 0 Å². The molecule has 0 unspecified atom stereocenters. The van der Waals surface area contributed by atoms with Crippen molar-refractivity contribution in [2.24, 2.45) is 5.92 Å². The van der Waals surface area contributed by atoms with Gasteiger partial charge in [0.05, 0.1) is 0 Å². The molecule has 0 bridgehead atoms. The second-order valence-electron chi connectivity index (χ2n) is 7.32. The lowest BCUT2D eigenvalue weighted by Gasteiger charge is -2.26. The highest BCUT2D eigenvalue weighted by Crippen LogP contribution is 2.26. The van der Waals surface area contributed by atoms with Crippen LogP contribution in [0, 0.1) is 5.92 Å². The number of carbonyl (C=O) groups excluding carboxylic acids is 1. The molecule has 25 heavy (non-hydrogen) atoms. The standard InChI is InChI=1S/C20H29N3O2/c24-20(22-25)11-8-16-6-9-18(10-7-16)21-19-12-13-23(15-19)14-17-4-2-1-3-5-17/h6-11,17,19,21,25H,1-5,12-15H2,(H,22,24)/b11-8+/t19-/m1/s1. The van der Waals surface area contributed by atoms with Crippen molar-refractivity contribution in [2.45, 2.75) is 44.6 Å². The monoisotopic (exact) mass is 343 g/mol. The van der Waals surface area contributed by atoms with Crippen LogP contribution in [0.15, 0.2) is 30.3 Å². The van der Waals surface area contributed by atoms with Crippen LogP contribution in [0.3, 0.4) is 0 Å². The third-order valence-electron chi connectivity index (χ3n) is 5.33. The molecule has 1 heterocycles. The molecule has 1 saturated heterocycles. The Morgan fingerprint density at radius 3 is 2.64 bits per heavy atom. The molecule has 1 amide bonds. The van der Waals surface area contributed by atoms with Gasteiger partial charge in [0.2, 0.25) is 0 Å². The number of likely N-dealkylation sites (tertiary alicyclic amines) is 1. The first-order valence-corrected chi connectivity index (χ1v) is 9.44. The van der Waals surface area contributed by atoms with E-state index < -0.39 is 5.91 Å². The summed E-state index contributed by atoms with van der Waals surface area (Å²) in [6.45, 7) is 3.61. The molecule has 1 aromatic carbocycles. The molecule has 136 valence electrons. The minimum absolute atomic E-state index is 0.519. The zero-order valence-corrected chi connectivity index (χ0v) is 14.8. The van der Waals surface area contributed by atoms with Gasteiger partial charge in [0.15, 0.2) is 0 Å². The second kappa shape index (κ2) is 9.02. The number of nitrogens with one attached hydrogen (secondary N) is 2. The molecule has 1 atom stereocenters. The Morgan fingerprint density at radius 2 is 1.92 bits per heavy atom. The lowest BCUT2D eigenvalue weighted by atomic mass is 9.89. The molecule has 0 spiro atoms. The molecule has 5 heteroatoms. The maximum Gasteiger partial charge on any atom is 0.267 e. The first-order valence-electron chi connectivity index (χ1n) is 9.44. The summed E-state index contributed by atoms with van der Waals surface area (Å²) in [6, 6.07) is 8.54.